The zero-order chi connectivity index (χ0) is 20.2. The molecule has 0 saturated heterocycles. The number of nitrogens with one attached hydrogen (secondary N) is 1. The summed E-state index contributed by atoms with van der Waals surface area (Å²) in [6.45, 7) is 4.61. The Morgan fingerprint density at radius 1 is 1.07 bits per heavy atom. The first-order chi connectivity index (χ1) is 14.2. The maximum Gasteiger partial charge on any atom is 0.338 e. The fraction of sp³-hybridized carbons (Fsp3) is 0.227. The van der Waals surface area contributed by atoms with Crippen LogP contribution in [-0.2, 0) is 9.53 Å². The minimum Gasteiger partial charge on any atom is -0.494 e. The van der Waals surface area contributed by atoms with E-state index in [2.05, 4.69) is 15.4 Å². The lowest BCUT2D eigenvalue weighted by molar-refractivity contribution is -0.138. The van der Waals surface area contributed by atoms with Crippen molar-refractivity contribution in [3.05, 3.63) is 77.6 Å². The number of esters is 1. The number of benzene rings is 2. The van der Waals surface area contributed by atoms with Crippen LogP contribution < -0.4 is 10.1 Å². The molecule has 1 N–H and O–H groups in total. The number of aromatic nitrogens is 3. The van der Waals surface area contributed by atoms with Crippen LogP contribution in [0.2, 0.25) is 0 Å². The van der Waals surface area contributed by atoms with Gasteiger partial charge in [-0.05, 0) is 37.1 Å². The van der Waals surface area contributed by atoms with E-state index in [-0.39, 0.29) is 12.6 Å². The van der Waals surface area contributed by atoms with E-state index in [1.807, 2.05) is 61.5 Å². The molecule has 0 spiro atoms. The Balaban J connectivity index is 1.89. The Kier molecular flexibility index (Phi) is 5.29. The molecule has 2 heterocycles. The molecule has 4 rings (SSSR count). The van der Waals surface area contributed by atoms with Crippen LogP contribution in [-0.4, -0.2) is 33.9 Å². The van der Waals surface area contributed by atoms with Crippen LogP contribution in [0.25, 0.3) is 5.70 Å². The molecule has 29 heavy (non-hydrogen) atoms. The SMILES string of the molecule is CCOC(=O)C1=C(c2ccccc2)Nc2ncnn2[C@H]1c1ccc(OCC)cc1. The second-order valence-corrected chi connectivity index (χ2v) is 6.43. The summed E-state index contributed by atoms with van der Waals surface area (Å²) >= 11 is 0. The zero-order valence-electron chi connectivity index (χ0n) is 16.3. The van der Waals surface area contributed by atoms with Gasteiger partial charge in [-0.3, -0.25) is 0 Å². The topological polar surface area (TPSA) is 78.3 Å². The number of nitrogens with zero attached hydrogens (tertiary/aromatic N) is 3. The maximum absolute atomic E-state index is 13.1. The Morgan fingerprint density at radius 2 is 1.83 bits per heavy atom. The number of hydrogen-bond acceptors (Lipinski definition) is 6. The summed E-state index contributed by atoms with van der Waals surface area (Å²) in [7, 11) is 0. The molecular weight excluding hydrogens is 368 g/mol. The van der Waals surface area contributed by atoms with E-state index in [4.69, 9.17) is 9.47 Å². The van der Waals surface area contributed by atoms with Gasteiger partial charge in [0.1, 0.15) is 18.1 Å². The summed E-state index contributed by atoms with van der Waals surface area (Å²) < 4.78 is 12.7. The quantitative estimate of drug-likeness (QED) is 0.647. The standard InChI is InChI=1S/C22H22N4O3/c1-3-28-17-12-10-16(11-13-17)20-18(21(27)29-4-2)19(15-8-6-5-7-9-15)25-22-23-14-24-26(20)22/h5-14,20H,3-4H2,1-2H3,(H,23,24,25)/t20-/m0/s1. The van der Waals surface area contributed by atoms with Crippen molar-refractivity contribution in [2.24, 2.45) is 0 Å². The van der Waals surface area contributed by atoms with Gasteiger partial charge < -0.3 is 14.8 Å². The summed E-state index contributed by atoms with van der Waals surface area (Å²) in [5.41, 5.74) is 2.92. The van der Waals surface area contributed by atoms with E-state index in [1.54, 1.807) is 11.6 Å². The fourth-order valence-electron chi connectivity index (χ4n) is 3.44. The van der Waals surface area contributed by atoms with Gasteiger partial charge in [-0.1, -0.05) is 42.5 Å². The molecule has 148 valence electrons. The first kappa shape index (κ1) is 18.7. The number of rotatable bonds is 6. The van der Waals surface area contributed by atoms with Crippen LogP contribution in [0.4, 0.5) is 5.95 Å². The van der Waals surface area contributed by atoms with E-state index in [0.717, 1.165) is 16.9 Å². The average molecular weight is 390 g/mol. The minimum atomic E-state index is -0.473. The molecule has 0 unspecified atom stereocenters. The normalized spacial score (nSPS) is 15.4. The zero-order valence-corrected chi connectivity index (χ0v) is 16.3. The molecule has 7 nitrogen and oxygen atoms in total. The van der Waals surface area contributed by atoms with Crippen molar-refractivity contribution in [3.63, 3.8) is 0 Å². The van der Waals surface area contributed by atoms with Gasteiger partial charge in [0.25, 0.3) is 0 Å². The van der Waals surface area contributed by atoms with Gasteiger partial charge in [0, 0.05) is 0 Å². The summed E-state index contributed by atoms with van der Waals surface area (Å²) in [5.74, 6) is 0.948. The first-order valence-electron chi connectivity index (χ1n) is 9.59. The highest BCUT2D eigenvalue weighted by molar-refractivity contribution is 6.02. The van der Waals surface area contributed by atoms with Crippen LogP contribution >= 0.6 is 0 Å². The van der Waals surface area contributed by atoms with E-state index in [9.17, 15) is 4.79 Å². The number of carbonyl (C=O) groups is 1. The monoisotopic (exact) mass is 390 g/mol. The predicted molar refractivity (Wildman–Crippen MR) is 109 cm³/mol. The van der Waals surface area contributed by atoms with Crippen LogP contribution in [0.15, 0.2) is 66.5 Å². The molecule has 1 atom stereocenters. The molecule has 7 heteroatoms. The molecule has 0 amide bonds. The first-order valence-corrected chi connectivity index (χ1v) is 9.59. The van der Waals surface area contributed by atoms with Crippen molar-refractivity contribution in [3.8, 4) is 5.75 Å². The lowest BCUT2D eigenvalue weighted by Crippen LogP contribution is -2.30. The summed E-state index contributed by atoms with van der Waals surface area (Å²) in [5, 5.41) is 7.62. The number of hydrogen-bond donors (Lipinski definition) is 1. The van der Waals surface area contributed by atoms with Gasteiger partial charge in [-0.2, -0.15) is 10.1 Å². The molecule has 0 bridgehead atoms. The third-order valence-corrected chi connectivity index (χ3v) is 4.66. The number of anilines is 1. The molecule has 0 fully saturated rings. The van der Waals surface area contributed by atoms with Crippen LogP contribution in [0.1, 0.15) is 31.0 Å². The molecule has 1 aromatic heterocycles. The summed E-state index contributed by atoms with van der Waals surface area (Å²) in [4.78, 5) is 17.4. The molecular formula is C22H22N4O3. The Hall–Kier alpha value is -3.61. The Bertz CT molecular complexity index is 1030. The largest absolute Gasteiger partial charge is 0.494 e. The van der Waals surface area contributed by atoms with Gasteiger partial charge in [0.15, 0.2) is 0 Å². The van der Waals surface area contributed by atoms with E-state index < -0.39 is 6.04 Å². The molecule has 2 aromatic carbocycles. The van der Waals surface area contributed by atoms with Gasteiger partial charge in [0.2, 0.25) is 5.95 Å². The van der Waals surface area contributed by atoms with Crippen molar-refractivity contribution in [1.82, 2.24) is 14.8 Å². The van der Waals surface area contributed by atoms with Gasteiger partial charge in [0.05, 0.1) is 24.5 Å². The Labute approximate surface area is 169 Å². The van der Waals surface area contributed by atoms with E-state index in [0.29, 0.717) is 23.8 Å². The summed E-state index contributed by atoms with van der Waals surface area (Å²) in [6.07, 6.45) is 1.47. The molecule has 0 aliphatic carbocycles. The third kappa shape index (κ3) is 3.59. The van der Waals surface area contributed by atoms with Crippen LogP contribution in [0.3, 0.4) is 0 Å². The average Bonchev–Trinajstić information content (AvgIpc) is 3.22. The molecule has 0 radical (unpaired) electrons. The minimum absolute atomic E-state index is 0.282. The van der Waals surface area contributed by atoms with Gasteiger partial charge in [-0.25, -0.2) is 9.48 Å². The molecule has 1 aliphatic rings. The highest BCUT2D eigenvalue weighted by Crippen LogP contribution is 2.39. The number of carbonyl (C=O) groups excluding carboxylic acids is 1. The third-order valence-electron chi connectivity index (χ3n) is 4.66. The van der Waals surface area contributed by atoms with E-state index in [1.165, 1.54) is 6.33 Å². The lowest BCUT2D eigenvalue weighted by atomic mass is 9.93. The predicted octanol–water partition coefficient (Wildman–Crippen LogP) is 3.67. The Morgan fingerprint density at radius 3 is 2.52 bits per heavy atom. The highest BCUT2D eigenvalue weighted by Gasteiger charge is 2.36. The van der Waals surface area contributed by atoms with Crippen molar-refractivity contribution in [1.29, 1.82) is 0 Å². The molecule has 1 aliphatic heterocycles. The van der Waals surface area contributed by atoms with Crippen molar-refractivity contribution >= 4 is 17.6 Å². The second-order valence-electron chi connectivity index (χ2n) is 6.43. The van der Waals surface area contributed by atoms with Gasteiger partial charge in [-0.15, -0.1) is 0 Å². The highest BCUT2D eigenvalue weighted by atomic mass is 16.5. The number of fused-ring (bicyclic) bond motifs is 1. The molecule has 0 saturated carbocycles. The van der Waals surface area contributed by atoms with Crippen LogP contribution in [0.5, 0.6) is 5.75 Å². The second kappa shape index (κ2) is 8.18. The lowest BCUT2D eigenvalue weighted by Gasteiger charge is -2.29. The van der Waals surface area contributed by atoms with Crippen molar-refractivity contribution < 1.29 is 14.3 Å². The van der Waals surface area contributed by atoms with E-state index >= 15 is 0 Å². The molecule has 3 aromatic rings. The maximum atomic E-state index is 13.1. The van der Waals surface area contributed by atoms with Crippen molar-refractivity contribution in [2.75, 3.05) is 18.5 Å². The summed E-state index contributed by atoms with van der Waals surface area (Å²) in [6, 6.07) is 16.9. The fourth-order valence-corrected chi connectivity index (χ4v) is 3.44. The smallest absolute Gasteiger partial charge is 0.338 e. The number of ether oxygens (including phenoxy) is 2. The van der Waals surface area contributed by atoms with Gasteiger partial charge >= 0.3 is 5.97 Å². The van der Waals surface area contributed by atoms with Crippen LogP contribution in [0, 0.1) is 0 Å². The van der Waals surface area contributed by atoms with Crippen molar-refractivity contribution in [2.45, 2.75) is 19.9 Å².